The molecule has 29 heavy (non-hydrogen) atoms. The Kier molecular flexibility index (Phi) is 6.93. The van der Waals surface area contributed by atoms with Crippen LogP contribution in [-0.4, -0.2) is 28.3 Å². The lowest BCUT2D eigenvalue weighted by Gasteiger charge is -2.40. The number of hydrogen-bond donors (Lipinski definition) is 1. The summed E-state index contributed by atoms with van der Waals surface area (Å²) < 4.78 is 13.2. The van der Waals surface area contributed by atoms with Crippen molar-refractivity contribution < 1.29 is 13.6 Å². The summed E-state index contributed by atoms with van der Waals surface area (Å²) in [7, 11) is -3.99. The smallest absolute Gasteiger partial charge is 0.250 e. The number of nitrogens with two attached hydrogens (primary N) is 1. The van der Waals surface area contributed by atoms with Crippen molar-refractivity contribution in [3.63, 3.8) is 0 Å². The number of hydrogen-bond acceptors (Lipinski definition) is 5. The van der Waals surface area contributed by atoms with Gasteiger partial charge in [-0.15, -0.1) is 0 Å². The average Bonchev–Trinajstić information content (AvgIpc) is 2.92. The Morgan fingerprint density at radius 2 is 1.59 bits per heavy atom. The molecular formula is C22H39NO3SSi2. The predicted molar refractivity (Wildman–Crippen MR) is 129 cm³/mol. The van der Waals surface area contributed by atoms with E-state index in [0.29, 0.717) is 13.0 Å². The molecule has 0 fully saturated rings. The topological polar surface area (TPSA) is 61.6 Å². The third-order valence-corrected chi connectivity index (χ3v) is 16.6. The SMILES string of the molecule is CC(C)(C)[Si](C)(C)Oc1ccc([C@H](CN)O[Si](C)(C)C(C)(C)C)c2c1CC(=O)S2. The van der Waals surface area contributed by atoms with E-state index in [2.05, 4.69) is 73.8 Å². The zero-order valence-corrected chi connectivity index (χ0v) is 22.7. The van der Waals surface area contributed by atoms with Gasteiger partial charge in [-0.25, -0.2) is 0 Å². The molecule has 2 rings (SSSR count). The minimum Gasteiger partial charge on any atom is -0.543 e. The summed E-state index contributed by atoms with van der Waals surface area (Å²) in [6.45, 7) is 22.7. The zero-order chi connectivity index (χ0) is 22.4. The minimum atomic E-state index is -2.00. The predicted octanol–water partition coefficient (Wildman–Crippen LogP) is 6.27. The number of rotatable bonds is 6. The fraction of sp³-hybridized carbons (Fsp3) is 0.682. The van der Waals surface area contributed by atoms with Crippen LogP contribution in [0.25, 0.3) is 0 Å². The number of carbonyl (C=O) groups is 1. The van der Waals surface area contributed by atoms with Crippen LogP contribution in [0.3, 0.4) is 0 Å². The quantitative estimate of drug-likeness (QED) is 0.514. The summed E-state index contributed by atoms with van der Waals surface area (Å²) >= 11 is 1.32. The fourth-order valence-corrected chi connectivity index (χ4v) is 6.15. The summed E-state index contributed by atoms with van der Waals surface area (Å²) in [6.07, 6.45) is 0.208. The second-order valence-corrected chi connectivity index (χ2v) is 21.6. The van der Waals surface area contributed by atoms with E-state index in [1.54, 1.807) is 0 Å². The van der Waals surface area contributed by atoms with Crippen LogP contribution in [0.2, 0.25) is 36.3 Å². The molecule has 1 atom stereocenters. The summed E-state index contributed by atoms with van der Waals surface area (Å²) in [5, 5.41) is 0.355. The van der Waals surface area contributed by atoms with Crippen LogP contribution in [0.15, 0.2) is 17.0 Å². The molecule has 0 spiro atoms. The summed E-state index contributed by atoms with van der Waals surface area (Å²) in [4.78, 5) is 13.4. The molecule has 0 saturated heterocycles. The van der Waals surface area contributed by atoms with Crippen LogP contribution < -0.4 is 10.2 Å². The van der Waals surface area contributed by atoms with E-state index in [-0.39, 0.29) is 21.3 Å². The molecule has 0 radical (unpaired) electrons. The van der Waals surface area contributed by atoms with E-state index in [0.717, 1.165) is 21.8 Å². The largest absolute Gasteiger partial charge is 0.543 e. The molecule has 1 heterocycles. The Morgan fingerprint density at radius 3 is 2.07 bits per heavy atom. The summed E-state index contributed by atoms with van der Waals surface area (Å²) in [6, 6.07) is 4.10. The third kappa shape index (κ3) is 5.18. The van der Waals surface area contributed by atoms with Crippen molar-refractivity contribution in [1.29, 1.82) is 0 Å². The number of benzene rings is 1. The van der Waals surface area contributed by atoms with E-state index in [4.69, 9.17) is 14.6 Å². The van der Waals surface area contributed by atoms with Gasteiger partial charge >= 0.3 is 0 Å². The van der Waals surface area contributed by atoms with Gasteiger partial charge in [-0.05, 0) is 47.9 Å². The summed E-state index contributed by atoms with van der Waals surface area (Å²) in [5.41, 5.74) is 8.21. The van der Waals surface area contributed by atoms with Crippen LogP contribution in [0, 0.1) is 0 Å². The van der Waals surface area contributed by atoms with Crippen molar-refractivity contribution in [1.82, 2.24) is 0 Å². The normalized spacial score (nSPS) is 16.7. The molecule has 0 unspecified atom stereocenters. The maximum absolute atomic E-state index is 12.4. The summed E-state index contributed by atoms with van der Waals surface area (Å²) in [5.74, 6) is 0.858. The van der Waals surface area contributed by atoms with E-state index in [9.17, 15) is 4.79 Å². The van der Waals surface area contributed by atoms with Crippen LogP contribution in [0.4, 0.5) is 0 Å². The molecule has 1 aliphatic rings. The molecule has 0 saturated carbocycles. The molecular weight excluding hydrogens is 414 g/mol. The van der Waals surface area contributed by atoms with Crippen molar-refractivity contribution in [2.75, 3.05) is 6.54 Å². The van der Waals surface area contributed by atoms with Crippen molar-refractivity contribution in [2.45, 2.75) is 95.2 Å². The fourth-order valence-electron chi connectivity index (χ4n) is 2.76. The van der Waals surface area contributed by atoms with Crippen molar-refractivity contribution in [2.24, 2.45) is 5.73 Å². The van der Waals surface area contributed by atoms with Crippen LogP contribution in [0.5, 0.6) is 5.75 Å². The average molecular weight is 454 g/mol. The van der Waals surface area contributed by atoms with Crippen LogP contribution >= 0.6 is 11.8 Å². The van der Waals surface area contributed by atoms with E-state index < -0.39 is 16.6 Å². The zero-order valence-electron chi connectivity index (χ0n) is 19.9. The molecule has 0 aliphatic carbocycles. The van der Waals surface area contributed by atoms with Gasteiger partial charge in [0.25, 0.3) is 0 Å². The molecule has 1 aliphatic heterocycles. The monoisotopic (exact) mass is 453 g/mol. The van der Waals surface area contributed by atoms with E-state index >= 15 is 0 Å². The van der Waals surface area contributed by atoms with E-state index in [1.165, 1.54) is 11.8 Å². The highest BCUT2D eigenvalue weighted by atomic mass is 32.2. The van der Waals surface area contributed by atoms with Gasteiger partial charge in [0.2, 0.25) is 8.32 Å². The van der Waals surface area contributed by atoms with Gasteiger partial charge in [0.15, 0.2) is 13.4 Å². The molecule has 0 amide bonds. The molecule has 164 valence electrons. The maximum Gasteiger partial charge on any atom is 0.250 e. The molecule has 0 bridgehead atoms. The van der Waals surface area contributed by atoms with Crippen molar-refractivity contribution in [3.05, 3.63) is 23.3 Å². The molecule has 0 aromatic heterocycles. The Bertz CT molecular complexity index is 779. The van der Waals surface area contributed by atoms with Gasteiger partial charge in [0.05, 0.1) is 6.10 Å². The Morgan fingerprint density at radius 1 is 1.03 bits per heavy atom. The number of carbonyl (C=O) groups excluding carboxylic acids is 1. The van der Waals surface area contributed by atoms with Gasteiger partial charge in [0.1, 0.15) is 5.75 Å². The Hall–Kier alpha value is -0.606. The molecule has 2 N–H and O–H groups in total. The molecule has 7 heteroatoms. The molecule has 4 nitrogen and oxygen atoms in total. The van der Waals surface area contributed by atoms with E-state index in [1.807, 2.05) is 6.07 Å². The van der Waals surface area contributed by atoms with Gasteiger partial charge < -0.3 is 14.6 Å². The van der Waals surface area contributed by atoms with Gasteiger partial charge in [-0.2, -0.15) is 0 Å². The number of fused-ring (bicyclic) bond motifs is 1. The first-order valence-electron chi connectivity index (χ1n) is 10.4. The second-order valence-electron chi connectivity index (χ2n) is 11.1. The Balaban J connectivity index is 2.46. The third-order valence-electron chi connectivity index (χ3n) is 6.76. The highest BCUT2D eigenvalue weighted by molar-refractivity contribution is 8.14. The Labute approximate surface area is 183 Å². The van der Waals surface area contributed by atoms with Gasteiger partial charge in [0, 0.05) is 23.4 Å². The van der Waals surface area contributed by atoms with Crippen molar-refractivity contribution in [3.8, 4) is 5.75 Å². The van der Waals surface area contributed by atoms with Gasteiger partial charge in [-0.3, -0.25) is 4.79 Å². The first-order chi connectivity index (χ1) is 13.0. The maximum atomic E-state index is 12.4. The molecule has 1 aromatic rings. The molecule has 1 aromatic carbocycles. The number of thioether (sulfide) groups is 1. The first-order valence-corrected chi connectivity index (χ1v) is 17.1. The highest BCUT2D eigenvalue weighted by Gasteiger charge is 2.42. The van der Waals surface area contributed by atoms with Crippen LogP contribution in [0.1, 0.15) is 58.8 Å². The minimum absolute atomic E-state index is 0.0952. The van der Waals surface area contributed by atoms with Crippen LogP contribution in [-0.2, 0) is 15.6 Å². The lowest BCUT2D eigenvalue weighted by molar-refractivity contribution is -0.110. The lowest BCUT2D eigenvalue weighted by atomic mass is 10.0. The standard InChI is InChI=1S/C22H39NO3SSi2/c1-21(2,3)28(7,8)25-17-12-11-15(20-16(17)13-19(24)27-20)18(14-23)26-29(9,10)22(4,5)6/h11-12,18H,13-14,23H2,1-10H3/t18-/m0/s1. The van der Waals surface area contributed by atoms with Gasteiger partial charge in [-0.1, -0.05) is 59.4 Å². The lowest BCUT2D eigenvalue weighted by Crippen LogP contribution is -2.44. The van der Waals surface area contributed by atoms with Crippen molar-refractivity contribution >= 4 is 33.5 Å². The first kappa shape index (κ1) is 24.7. The second kappa shape index (κ2) is 8.15. The highest BCUT2D eigenvalue weighted by Crippen LogP contribution is 2.47.